The van der Waals surface area contributed by atoms with Crippen molar-refractivity contribution < 1.29 is 14.7 Å². The molecular weight excluding hydrogens is 380 g/mol. The molecule has 0 aliphatic carbocycles. The molecule has 4 N–H and O–H groups in total. The lowest BCUT2D eigenvalue weighted by Crippen LogP contribution is -2.43. The molecule has 2 aromatic carbocycles. The zero-order valence-corrected chi connectivity index (χ0v) is 17.2. The minimum Gasteiger partial charge on any atom is -0.378 e. The molecule has 156 valence electrons. The van der Waals surface area contributed by atoms with Gasteiger partial charge in [-0.3, -0.25) is 14.7 Å². The van der Waals surface area contributed by atoms with Crippen molar-refractivity contribution in [2.45, 2.75) is 38.3 Å². The number of carbonyl (C=O) groups is 2. The van der Waals surface area contributed by atoms with Gasteiger partial charge in [0.25, 0.3) is 5.91 Å². The molecular formula is C23H26N4O3. The van der Waals surface area contributed by atoms with Crippen LogP contribution in [0.25, 0.3) is 0 Å². The van der Waals surface area contributed by atoms with Gasteiger partial charge in [-0.1, -0.05) is 74.5 Å². The number of rotatable bonds is 7. The van der Waals surface area contributed by atoms with E-state index in [-0.39, 0.29) is 5.41 Å². The van der Waals surface area contributed by atoms with E-state index in [1.807, 2.05) is 30.3 Å². The van der Waals surface area contributed by atoms with Gasteiger partial charge in [-0.15, -0.1) is 0 Å². The van der Waals surface area contributed by atoms with Crippen LogP contribution < -0.4 is 10.6 Å². The number of nitrogens with one attached hydrogen (secondary N) is 3. The molecule has 3 aromatic rings. The Balaban J connectivity index is 1.61. The lowest BCUT2D eigenvalue weighted by atomic mass is 9.82. The van der Waals surface area contributed by atoms with Crippen molar-refractivity contribution in [1.82, 2.24) is 15.5 Å². The lowest BCUT2D eigenvalue weighted by molar-refractivity contribution is -0.132. The number of benzene rings is 2. The van der Waals surface area contributed by atoms with E-state index in [9.17, 15) is 14.7 Å². The summed E-state index contributed by atoms with van der Waals surface area (Å²) >= 11 is 0. The van der Waals surface area contributed by atoms with Gasteiger partial charge in [0.2, 0.25) is 5.91 Å². The summed E-state index contributed by atoms with van der Waals surface area (Å²) in [6, 6.07) is 19.5. The molecule has 3 rings (SSSR count). The third-order valence-electron chi connectivity index (χ3n) is 5.11. The molecule has 1 heterocycles. The number of anilines is 1. The van der Waals surface area contributed by atoms with Gasteiger partial charge >= 0.3 is 0 Å². The van der Waals surface area contributed by atoms with Crippen molar-refractivity contribution in [2.75, 3.05) is 5.32 Å². The number of aliphatic hydroxyl groups excluding tert-OH is 1. The van der Waals surface area contributed by atoms with E-state index >= 15 is 0 Å². The van der Waals surface area contributed by atoms with Crippen LogP contribution in [0.4, 0.5) is 5.82 Å². The Morgan fingerprint density at radius 2 is 1.60 bits per heavy atom. The van der Waals surface area contributed by atoms with E-state index in [0.29, 0.717) is 11.4 Å². The zero-order valence-electron chi connectivity index (χ0n) is 17.2. The van der Waals surface area contributed by atoms with E-state index in [4.69, 9.17) is 0 Å². The number of nitrogens with zero attached hydrogens (tertiary/aromatic N) is 1. The third kappa shape index (κ3) is 4.75. The van der Waals surface area contributed by atoms with Gasteiger partial charge < -0.3 is 15.7 Å². The Morgan fingerprint density at radius 1 is 1.00 bits per heavy atom. The number of aromatic amines is 1. The molecule has 0 fully saturated rings. The number of carbonyl (C=O) groups excluding carboxylic acids is 2. The summed E-state index contributed by atoms with van der Waals surface area (Å²) in [5, 5.41) is 22.5. The van der Waals surface area contributed by atoms with Crippen molar-refractivity contribution in [3.63, 3.8) is 0 Å². The minimum absolute atomic E-state index is 0.323. The largest absolute Gasteiger partial charge is 0.378 e. The van der Waals surface area contributed by atoms with E-state index in [1.54, 1.807) is 43.3 Å². The van der Waals surface area contributed by atoms with Crippen LogP contribution in [0.3, 0.4) is 0 Å². The van der Waals surface area contributed by atoms with Crippen molar-refractivity contribution >= 4 is 17.6 Å². The highest BCUT2D eigenvalue weighted by Gasteiger charge is 2.26. The highest BCUT2D eigenvalue weighted by Crippen LogP contribution is 2.30. The molecule has 1 aromatic heterocycles. The zero-order chi connectivity index (χ0) is 21.7. The maximum Gasteiger partial charge on any atom is 0.254 e. The topological polar surface area (TPSA) is 107 Å². The fourth-order valence-electron chi connectivity index (χ4n) is 3.10. The SMILES string of the molecule is C[C@H](NC(=O)[C@@H](O)c1ccccc1)C(=O)Nc1cc(C(C)(C)c2ccccc2)[nH]n1. The second kappa shape index (κ2) is 8.92. The fraction of sp³-hybridized carbons (Fsp3) is 0.261. The van der Waals surface area contributed by atoms with Crippen LogP contribution >= 0.6 is 0 Å². The van der Waals surface area contributed by atoms with Gasteiger partial charge in [-0.2, -0.15) is 5.10 Å². The minimum atomic E-state index is -1.34. The summed E-state index contributed by atoms with van der Waals surface area (Å²) in [4.78, 5) is 24.7. The average Bonchev–Trinajstić information content (AvgIpc) is 3.23. The average molecular weight is 406 g/mol. The van der Waals surface area contributed by atoms with Crippen molar-refractivity contribution in [1.29, 1.82) is 0 Å². The van der Waals surface area contributed by atoms with Crippen molar-refractivity contribution in [2.24, 2.45) is 0 Å². The van der Waals surface area contributed by atoms with Crippen LogP contribution in [0, 0.1) is 0 Å². The molecule has 7 nitrogen and oxygen atoms in total. The monoisotopic (exact) mass is 406 g/mol. The molecule has 0 unspecified atom stereocenters. The molecule has 2 amide bonds. The van der Waals surface area contributed by atoms with E-state index in [0.717, 1.165) is 11.3 Å². The van der Waals surface area contributed by atoms with Crippen molar-refractivity contribution in [3.05, 3.63) is 83.6 Å². The second-order valence-electron chi connectivity index (χ2n) is 7.69. The van der Waals surface area contributed by atoms with Gasteiger partial charge in [0.1, 0.15) is 6.04 Å². The highest BCUT2D eigenvalue weighted by molar-refractivity contribution is 5.97. The van der Waals surface area contributed by atoms with Crippen LogP contribution in [0.1, 0.15) is 43.7 Å². The second-order valence-corrected chi connectivity index (χ2v) is 7.69. The first-order valence-electron chi connectivity index (χ1n) is 9.74. The Morgan fingerprint density at radius 3 is 2.23 bits per heavy atom. The molecule has 0 saturated carbocycles. The van der Waals surface area contributed by atoms with Crippen LogP contribution in [0.5, 0.6) is 0 Å². The first kappa shape index (κ1) is 21.3. The van der Waals surface area contributed by atoms with Gasteiger partial charge in [-0.05, 0) is 18.1 Å². The lowest BCUT2D eigenvalue weighted by Gasteiger charge is -2.23. The number of amides is 2. The van der Waals surface area contributed by atoms with E-state index < -0.39 is 24.0 Å². The Bertz CT molecular complexity index is 1000. The Hall–Kier alpha value is -3.45. The quantitative estimate of drug-likeness (QED) is 0.484. The standard InChI is InChI=1S/C23H26N4O3/c1-15(24-22(30)20(28)16-10-6-4-7-11-16)21(29)25-19-14-18(26-27-19)23(2,3)17-12-8-5-9-13-17/h4-15,20,28H,1-3H3,(H,24,30)(H2,25,26,27,29)/t15-,20-/m0/s1. The summed E-state index contributed by atoms with van der Waals surface area (Å²) in [5.74, 6) is -0.709. The normalized spacial score (nSPS) is 13.3. The summed E-state index contributed by atoms with van der Waals surface area (Å²) in [6.45, 7) is 5.68. The van der Waals surface area contributed by atoms with E-state index in [2.05, 4.69) is 34.7 Å². The maximum absolute atomic E-state index is 12.5. The Kier molecular flexibility index (Phi) is 6.32. The summed E-state index contributed by atoms with van der Waals surface area (Å²) in [5.41, 5.74) is 2.10. The smallest absolute Gasteiger partial charge is 0.254 e. The van der Waals surface area contributed by atoms with E-state index in [1.165, 1.54) is 0 Å². The molecule has 0 bridgehead atoms. The fourth-order valence-corrected chi connectivity index (χ4v) is 3.10. The number of aromatic nitrogens is 2. The first-order chi connectivity index (χ1) is 14.3. The van der Waals surface area contributed by atoms with Gasteiger partial charge in [0.05, 0.1) is 0 Å². The molecule has 7 heteroatoms. The maximum atomic E-state index is 12.5. The highest BCUT2D eigenvalue weighted by atomic mass is 16.3. The molecule has 0 aliphatic heterocycles. The molecule has 0 aliphatic rings. The predicted octanol–water partition coefficient (Wildman–Crippen LogP) is 2.91. The van der Waals surface area contributed by atoms with Crippen LogP contribution in [0.15, 0.2) is 66.7 Å². The molecule has 0 radical (unpaired) electrons. The summed E-state index contributed by atoms with van der Waals surface area (Å²) < 4.78 is 0. The molecule has 2 atom stereocenters. The van der Waals surface area contributed by atoms with Crippen LogP contribution in [0.2, 0.25) is 0 Å². The van der Waals surface area contributed by atoms with Gasteiger partial charge in [-0.25, -0.2) is 0 Å². The van der Waals surface area contributed by atoms with Gasteiger partial charge in [0, 0.05) is 17.2 Å². The molecule has 0 spiro atoms. The number of hydrogen-bond acceptors (Lipinski definition) is 4. The molecule has 30 heavy (non-hydrogen) atoms. The molecule has 0 saturated heterocycles. The Labute approximate surface area is 175 Å². The van der Waals surface area contributed by atoms with Crippen molar-refractivity contribution in [3.8, 4) is 0 Å². The number of aliphatic hydroxyl groups is 1. The summed E-state index contributed by atoms with van der Waals surface area (Å²) in [6.07, 6.45) is -1.34. The van der Waals surface area contributed by atoms with Crippen LogP contribution in [-0.2, 0) is 15.0 Å². The first-order valence-corrected chi connectivity index (χ1v) is 9.74. The van der Waals surface area contributed by atoms with Gasteiger partial charge in [0.15, 0.2) is 11.9 Å². The summed E-state index contributed by atoms with van der Waals surface area (Å²) in [7, 11) is 0. The third-order valence-corrected chi connectivity index (χ3v) is 5.11. The number of hydrogen-bond donors (Lipinski definition) is 4. The van der Waals surface area contributed by atoms with Crippen LogP contribution in [-0.4, -0.2) is 33.2 Å². The number of H-pyrrole nitrogens is 1. The predicted molar refractivity (Wildman–Crippen MR) is 115 cm³/mol.